The smallest absolute Gasteiger partial charge is 0.266 e. The molecule has 0 saturated carbocycles. The highest BCUT2D eigenvalue weighted by Crippen LogP contribution is 2.49. The van der Waals surface area contributed by atoms with Gasteiger partial charge in [-0.1, -0.05) is 42.5 Å². The summed E-state index contributed by atoms with van der Waals surface area (Å²) in [5, 5.41) is 12.1. The summed E-state index contributed by atoms with van der Waals surface area (Å²) in [5.41, 5.74) is 1.64. The van der Waals surface area contributed by atoms with Crippen LogP contribution in [0, 0.1) is 5.92 Å². The van der Waals surface area contributed by atoms with Gasteiger partial charge in [0, 0.05) is 11.6 Å². The number of carbonyl (C=O) groups excluding carboxylic acids is 2. The molecular formula is C24H20N2O5. The van der Waals surface area contributed by atoms with Crippen LogP contribution in [0.2, 0.25) is 0 Å². The summed E-state index contributed by atoms with van der Waals surface area (Å²) in [6.07, 6.45) is -0.997. The van der Waals surface area contributed by atoms with Crippen LogP contribution in [-0.4, -0.2) is 30.1 Å². The summed E-state index contributed by atoms with van der Waals surface area (Å²) >= 11 is 0. The van der Waals surface area contributed by atoms with Crippen LogP contribution in [0.4, 0.5) is 11.4 Å². The summed E-state index contributed by atoms with van der Waals surface area (Å²) in [7, 11) is 1.52. The number of para-hydroxylation sites is 2. The second-order valence-corrected chi connectivity index (χ2v) is 7.43. The summed E-state index contributed by atoms with van der Waals surface area (Å²) in [6, 6.07) is 22.2. The molecule has 2 aliphatic rings. The quantitative estimate of drug-likeness (QED) is 0.657. The number of hydrogen-bond acceptors (Lipinski definition) is 6. The first-order valence-corrected chi connectivity index (χ1v) is 9.91. The third-order valence-corrected chi connectivity index (χ3v) is 5.69. The lowest BCUT2D eigenvalue weighted by Gasteiger charge is -2.29. The molecule has 0 spiro atoms. The van der Waals surface area contributed by atoms with Crippen LogP contribution in [-0.2, 0) is 14.4 Å². The number of aromatic hydroxyl groups is 1. The monoisotopic (exact) mass is 416 g/mol. The van der Waals surface area contributed by atoms with Crippen molar-refractivity contribution >= 4 is 23.2 Å². The van der Waals surface area contributed by atoms with Crippen LogP contribution in [0.15, 0.2) is 78.9 Å². The normalized spacial score (nSPS) is 22.7. The van der Waals surface area contributed by atoms with Gasteiger partial charge in [0.2, 0.25) is 5.91 Å². The Hall–Kier alpha value is -3.84. The Balaban J connectivity index is 1.60. The molecule has 156 valence electrons. The van der Waals surface area contributed by atoms with Crippen molar-refractivity contribution in [2.75, 3.05) is 17.1 Å². The lowest BCUT2D eigenvalue weighted by molar-refractivity contribution is -0.126. The van der Waals surface area contributed by atoms with Crippen molar-refractivity contribution in [3.8, 4) is 11.5 Å². The van der Waals surface area contributed by atoms with Crippen LogP contribution < -0.4 is 14.7 Å². The molecule has 3 atom stereocenters. The number of hydrogen-bond donors (Lipinski definition) is 1. The molecule has 2 saturated heterocycles. The van der Waals surface area contributed by atoms with E-state index in [4.69, 9.17) is 9.57 Å². The van der Waals surface area contributed by atoms with Gasteiger partial charge in [0.1, 0.15) is 17.4 Å². The number of ether oxygens (including phenoxy) is 1. The Bertz CT molecular complexity index is 1150. The van der Waals surface area contributed by atoms with Crippen molar-refractivity contribution in [1.82, 2.24) is 0 Å². The van der Waals surface area contributed by atoms with Gasteiger partial charge in [0.15, 0.2) is 6.10 Å². The summed E-state index contributed by atoms with van der Waals surface area (Å²) in [4.78, 5) is 34.0. The van der Waals surface area contributed by atoms with E-state index in [1.54, 1.807) is 53.6 Å². The third kappa shape index (κ3) is 3.02. The SMILES string of the molecule is COc1cccc(N2C(=O)C3ON(c4ccccc4)C(c4ccccc4O)C3C2=O)c1. The Morgan fingerprint density at radius 1 is 0.871 bits per heavy atom. The Kier molecular flexibility index (Phi) is 4.60. The van der Waals surface area contributed by atoms with Gasteiger partial charge in [0.05, 0.1) is 24.5 Å². The molecule has 0 aliphatic carbocycles. The highest BCUT2D eigenvalue weighted by Gasteiger charge is 2.60. The van der Waals surface area contributed by atoms with Gasteiger partial charge in [-0.25, -0.2) is 9.96 Å². The number of anilines is 2. The third-order valence-electron chi connectivity index (χ3n) is 5.69. The number of benzene rings is 3. The highest BCUT2D eigenvalue weighted by molar-refractivity contribution is 6.24. The first-order chi connectivity index (χ1) is 15.1. The largest absolute Gasteiger partial charge is 0.508 e. The molecule has 7 nitrogen and oxygen atoms in total. The van der Waals surface area contributed by atoms with Crippen LogP contribution in [0.5, 0.6) is 11.5 Å². The standard InChI is InChI=1S/C24H20N2O5/c1-30-17-11-7-10-16(14-17)25-23(28)20-21(18-12-5-6-13-19(18)27)26(31-22(20)24(25)29)15-8-3-2-4-9-15/h2-14,20-22,27H,1H3. The summed E-state index contributed by atoms with van der Waals surface area (Å²) < 4.78 is 5.24. The number of amides is 2. The predicted molar refractivity (Wildman–Crippen MR) is 114 cm³/mol. The zero-order chi connectivity index (χ0) is 21.5. The molecule has 1 N–H and O–H groups in total. The number of carbonyl (C=O) groups is 2. The van der Waals surface area contributed by atoms with Gasteiger partial charge in [-0.3, -0.25) is 14.4 Å². The molecule has 3 aromatic carbocycles. The minimum atomic E-state index is -0.997. The van der Waals surface area contributed by atoms with Gasteiger partial charge in [0.25, 0.3) is 5.91 Å². The second-order valence-electron chi connectivity index (χ2n) is 7.43. The van der Waals surface area contributed by atoms with Crippen LogP contribution in [0.3, 0.4) is 0 Å². The van der Waals surface area contributed by atoms with Crippen molar-refractivity contribution in [2.24, 2.45) is 5.92 Å². The fourth-order valence-electron chi connectivity index (χ4n) is 4.27. The average molecular weight is 416 g/mol. The number of nitrogens with zero attached hydrogens (tertiary/aromatic N) is 2. The van der Waals surface area contributed by atoms with E-state index >= 15 is 0 Å². The molecule has 2 aliphatic heterocycles. The fraction of sp³-hybridized carbons (Fsp3) is 0.167. The molecule has 31 heavy (non-hydrogen) atoms. The molecular weight excluding hydrogens is 396 g/mol. The van der Waals surface area contributed by atoms with E-state index in [1.807, 2.05) is 30.3 Å². The van der Waals surface area contributed by atoms with E-state index in [0.717, 1.165) is 4.90 Å². The zero-order valence-corrected chi connectivity index (χ0v) is 16.7. The molecule has 0 bridgehead atoms. The number of phenols is 1. The predicted octanol–water partition coefficient (Wildman–Crippen LogP) is 3.45. The van der Waals surface area contributed by atoms with Gasteiger partial charge in [-0.05, 0) is 30.3 Å². The Morgan fingerprint density at radius 2 is 1.58 bits per heavy atom. The Morgan fingerprint density at radius 3 is 2.32 bits per heavy atom. The lowest BCUT2D eigenvalue weighted by Crippen LogP contribution is -2.37. The summed E-state index contributed by atoms with van der Waals surface area (Å²) in [5.74, 6) is -1.05. The molecule has 2 fully saturated rings. The molecule has 0 radical (unpaired) electrons. The van der Waals surface area contributed by atoms with Gasteiger partial charge < -0.3 is 9.84 Å². The molecule has 0 aromatic heterocycles. The van der Waals surface area contributed by atoms with Crippen molar-refractivity contribution in [3.63, 3.8) is 0 Å². The maximum absolute atomic E-state index is 13.5. The van der Waals surface area contributed by atoms with Crippen LogP contribution in [0.25, 0.3) is 0 Å². The van der Waals surface area contributed by atoms with Gasteiger partial charge in [-0.2, -0.15) is 0 Å². The van der Waals surface area contributed by atoms with Crippen LogP contribution in [0.1, 0.15) is 11.6 Å². The Labute approximate surface area is 179 Å². The maximum Gasteiger partial charge on any atom is 0.266 e. The maximum atomic E-state index is 13.5. The number of hydroxylamine groups is 1. The minimum absolute atomic E-state index is 0.0396. The van der Waals surface area contributed by atoms with Gasteiger partial charge >= 0.3 is 0 Å². The van der Waals surface area contributed by atoms with Crippen LogP contribution >= 0.6 is 0 Å². The first kappa shape index (κ1) is 19.1. The zero-order valence-electron chi connectivity index (χ0n) is 16.7. The van der Waals surface area contributed by atoms with Crippen molar-refractivity contribution < 1.29 is 24.3 Å². The number of fused-ring (bicyclic) bond motifs is 1. The number of rotatable bonds is 4. The van der Waals surface area contributed by atoms with E-state index in [2.05, 4.69) is 0 Å². The lowest BCUT2D eigenvalue weighted by atomic mass is 9.90. The van der Waals surface area contributed by atoms with Crippen molar-refractivity contribution in [3.05, 3.63) is 84.4 Å². The molecule has 3 unspecified atom stereocenters. The minimum Gasteiger partial charge on any atom is -0.508 e. The molecule has 3 aromatic rings. The number of phenolic OH excluding ortho intramolecular Hbond substituents is 1. The average Bonchev–Trinajstić information content (AvgIpc) is 3.31. The summed E-state index contributed by atoms with van der Waals surface area (Å²) in [6.45, 7) is 0. The molecule has 7 heteroatoms. The van der Waals surface area contributed by atoms with E-state index < -0.39 is 24.0 Å². The van der Waals surface area contributed by atoms with E-state index in [9.17, 15) is 14.7 Å². The van der Waals surface area contributed by atoms with E-state index in [0.29, 0.717) is 22.7 Å². The molecule has 2 heterocycles. The topological polar surface area (TPSA) is 79.3 Å². The fourth-order valence-corrected chi connectivity index (χ4v) is 4.27. The van der Waals surface area contributed by atoms with Crippen molar-refractivity contribution in [1.29, 1.82) is 0 Å². The van der Waals surface area contributed by atoms with E-state index in [-0.39, 0.29) is 11.7 Å². The molecule has 5 rings (SSSR count). The van der Waals surface area contributed by atoms with Crippen molar-refractivity contribution in [2.45, 2.75) is 12.1 Å². The second kappa shape index (κ2) is 7.45. The van der Waals surface area contributed by atoms with E-state index in [1.165, 1.54) is 7.11 Å². The highest BCUT2D eigenvalue weighted by atomic mass is 16.7. The number of methoxy groups -OCH3 is 1. The molecule has 2 amide bonds. The first-order valence-electron chi connectivity index (χ1n) is 9.91. The van der Waals surface area contributed by atoms with Gasteiger partial charge in [-0.15, -0.1) is 0 Å². The number of imide groups is 1.